The Morgan fingerprint density at radius 2 is 1.79 bits per heavy atom. The molecule has 5 nitrogen and oxygen atoms in total. The molecular weight excluding hydrogens is 186 g/mol. The van der Waals surface area contributed by atoms with Crippen LogP contribution in [0.2, 0.25) is 0 Å². The Morgan fingerprint density at radius 3 is 2.14 bits per heavy atom. The van der Waals surface area contributed by atoms with Crippen molar-refractivity contribution in [1.82, 2.24) is 5.32 Å². The first-order valence-corrected chi connectivity index (χ1v) is 4.42. The van der Waals surface area contributed by atoms with Crippen molar-refractivity contribution in [3.05, 3.63) is 0 Å². The van der Waals surface area contributed by atoms with Crippen LogP contribution < -0.4 is 5.32 Å². The lowest BCUT2D eigenvalue weighted by molar-refractivity contribution is -0.149. The lowest BCUT2D eigenvalue weighted by Crippen LogP contribution is -2.43. The summed E-state index contributed by atoms with van der Waals surface area (Å²) < 4.78 is 9.02. The van der Waals surface area contributed by atoms with Gasteiger partial charge in [-0.2, -0.15) is 0 Å². The quantitative estimate of drug-likeness (QED) is 0.641. The average Bonchev–Trinajstić information content (AvgIpc) is 2.14. The molecule has 0 saturated heterocycles. The molecule has 0 aliphatic heterocycles. The lowest BCUT2D eigenvalue weighted by Gasteiger charge is -2.17. The van der Waals surface area contributed by atoms with Gasteiger partial charge >= 0.3 is 11.9 Å². The molecule has 0 spiro atoms. The Morgan fingerprint density at radius 1 is 1.21 bits per heavy atom. The van der Waals surface area contributed by atoms with Crippen LogP contribution in [0.25, 0.3) is 0 Å². The van der Waals surface area contributed by atoms with Crippen LogP contribution >= 0.6 is 0 Å². The number of carbonyl (C=O) groups is 2. The summed E-state index contributed by atoms with van der Waals surface area (Å²) in [6.45, 7) is 3.76. The zero-order valence-electron chi connectivity index (χ0n) is 8.99. The van der Waals surface area contributed by atoms with Crippen molar-refractivity contribution >= 4 is 11.9 Å². The molecule has 5 heteroatoms. The molecule has 0 aromatic rings. The van der Waals surface area contributed by atoms with Gasteiger partial charge < -0.3 is 14.8 Å². The highest BCUT2D eigenvalue weighted by Crippen LogP contribution is 1.98. The van der Waals surface area contributed by atoms with Gasteiger partial charge in [-0.3, -0.25) is 9.59 Å². The topological polar surface area (TPSA) is 64.6 Å². The highest BCUT2D eigenvalue weighted by Gasteiger charge is 2.23. The number of ether oxygens (including phenoxy) is 2. The summed E-state index contributed by atoms with van der Waals surface area (Å²) in [6, 6.07) is -0.531. The van der Waals surface area contributed by atoms with E-state index in [0.717, 1.165) is 0 Å². The summed E-state index contributed by atoms with van der Waals surface area (Å²) >= 11 is 0. The second-order valence-corrected chi connectivity index (χ2v) is 3.18. The molecule has 0 bridgehead atoms. The molecule has 14 heavy (non-hydrogen) atoms. The van der Waals surface area contributed by atoms with Gasteiger partial charge in [-0.1, -0.05) is 13.8 Å². The third-order valence-corrected chi connectivity index (χ3v) is 1.62. The molecule has 1 atom stereocenters. The number of hydrogen-bond acceptors (Lipinski definition) is 5. The third-order valence-electron chi connectivity index (χ3n) is 1.62. The van der Waals surface area contributed by atoms with E-state index in [1.807, 2.05) is 13.8 Å². The minimum atomic E-state index is -0.632. The SMILES string of the molecule is COC(=O)C[C@@H](NC(C)C)C(=O)OC. The van der Waals surface area contributed by atoms with E-state index in [-0.39, 0.29) is 12.5 Å². The number of carbonyl (C=O) groups excluding carboxylic acids is 2. The minimum Gasteiger partial charge on any atom is -0.469 e. The van der Waals surface area contributed by atoms with Crippen LogP contribution in [0.15, 0.2) is 0 Å². The zero-order valence-corrected chi connectivity index (χ0v) is 8.99. The number of hydrogen-bond donors (Lipinski definition) is 1. The van der Waals surface area contributed by atoms with Crippen LogP contribution in [0.4, 0.5) is 0 Å². The van der Waals surface area contributed by atoms with E-state index in [2.05, 4.69) is 14.8 Å². The van der Waals surface area contributed by atoms with Crippen LogP contribution in [-0.4, -0.2) is 38.2 Å². The Hall–Kier alpha value is -1.10. The zero-order chi connectivity index (χ0) is 11.1. The van der Waals surface area contributed by atoms with Crippen molar-refractivity contribution in [2.24, 2.45) is 0 Å². The maximum Gasteiger partial charge on any atom is 0.323 e. The Labute approximate surface area is 83.8 Å². The second kappa shape index (κ2) is 6.37. The van der Waals surface area contributed by atoms with Gasteiger partial charge in [-0.05, 0) is 0 Å². The Kier molecular flexibility index (Phi) is 5.87. The Bertz CT molecular complexity index is 203. The van der Waals surface area contributed by atoms with E-state index < -0.39 is 18.0 Å². The van der Waals surface area contributed by atoms with Crippen molar-refractivity contribution in [2.45, 2.75) is 32.4 Å². The normalized spacial score (nSPS) is 12.4. The van der Waals surface area contributed by atoms with Crippen LogP contribution in [0.1, 0.15) is 20.3 Å². The number of rotatable bonds is 5. The minimum absolute atomic E-state index is 0.0125. The van der Waals surface area contributed by atoms with E-state index >= 15 is 0 Å². The first kappa shape index (κ1) is 12.9. The highest BCUT2D eigenvalue weighted by atomic mass is 16.5. The van der Waals surface area contributed by atoms with Gasteiger partial charge in [0.2, 0.25) is 0 Å². The van der Waals surface area contributed by atoms with E-state index in [1.165, 1.54) is 14.2 Å². The van der Waals surface area contributed by atoms with Crippen molar-refractivity contribution < 1.29 is 19.1 Å². The molecule has 0 unspecified atom stereocenters. The van der Waals surface area contributed by atoms with E-state index in [0.29, 0.717) is 0 Å². The summed E-state index contributed by atoms with van der Waals surface area (Å²) in [5.41, 5.74) is 0. The maximum absolute atomic E-state index is 11.2. The van der Waals surface area contributed by atoms with Gasteiger partial charge in [0.05, 0.1) is 20.6 Å². The summed E-state index contributed by atoms with van der Waals surface area (Å²) in [6.07, 6.45) is -0.0125. The highest BCUT2D eigenvalue weighted by molar-refractivity contribution is 5.82. The first-order chi connectivity index (χ1) is 6.51. The fourth-order valence-electron chi connectivity index (χ4n) is 1.00. The summed E-state index contributed by atoms with van der Waals surface area (Å²) in [7, 11) is 2.57. The van der Waals surface area contributed by atoms with Crippen LogP contribution in [0, 0.1) is 0 Å². The van der Waals surface area contributed by atoms with Crippen molar-refractivity contribution in [3.63, 3.8) is 0 Å². The average molecular weight is 203 g/mol. The molecule has 0 aromatic heterocycles. The van der Waals surface area contributed by atoms with E-state index in [1.54, 1.807) is 0 Å². The molecule has 1 N–H and O–H groups in total. The van der Waals surface area contributed by atoms with Gasteiger partial charge in [-0.25, -0.2) is 0 Å². The molecule has 0 saturated carbocycles. The number of methoxy groups -OCH3 is 2. The van der Waals surface area contributed by atoms with Crippen LogP contribution in [-0.2, 0) is 19.1 Å². The first-order valence-electron chi connectivity index (χ1n) is 4.42. The van der Waals surface area contributed by atoms with Gasteiger partial charge in [-0.15, -0.1) is 0 Å². The molecule has 0 rings (SSSR count). The van der Waals surface area contributed by atoms with Crippen molar-refractivity contribution in [3.8, 4) is 0 Å². The van der Waals surface area contributed by atoms with E-state index in [9.17, 15) is 9.59 Å². The predicted octanol–water partition coefficient (Wildman–Crippen LogP) is 0.0891. The van der Waals surface area contributed by atoms with Gasteiger partial charge in [0, 0.05) is 6.04 Å². The molecule has 82 valence electrons. The second-order valence-electron chi connectivity index (χ2n) is 3.18. The lowest BCUT2D eigenvalue weighted by atomic mass is 10.2. The fraction of sp³-hybridized carbons (Fsp3) is 0.778. The van der Waals surface area contributed by atoms with E-state index in [4.69, 9.17) is 0 Å². The van der Waals surface area contributed by atoms with Crippen LogP contribution in [0.5, 0.6) is 0 Å². The van der Waals surface area contributed by atoms with Crippen molar-refractivity contribution in [1.29, 1.82) is 0 Å². The fourth-order valence-corrected chi connectivity index (χ4v) is 1.00. The molecule has 0 aliphatic carbocycles. The maximum atomic E-state index is 11.2. The Balaban J connectivity index is 4.24. The molecule has 0 radical (unpaired) electrons. The summed E-state index contributed by atoms with van der Waals surface area (Å²) in [4.78, 5) is 22.2. The number of esters is 2. The molecule has 0 aromatic carbocycles. The largest absolute Gasteiger partial charge is 0.469 e. The molecule has 0 heterocycles. The summed E-state index contributed by atoms with van der Waals surface area (Å²) in [5, 5.41) is 2.92. The summed E-state index contributed by atoms with van der Waals surface area (Å²) in [5.74, 6) is -0.891. The third kappa shape index (κ3) is 4.81. The van der Waals surface area contributed by atoms with Gasteiger partial charge in [0.15, 0.2) is 0 Å². The van der Waals surface area contributed by atoms with Crippen LogP contribution in [0.3, 0.4) is 0 Å². The molecular formula is C9H17NO4. The van der Waals surface area contributed by atoms with Gasteiger partial charge in [0.25, 0.3) is 0 Å². The molecule has 0 aliphatic rings. The standard InChI is InChI=1S/C9H17NO4/c1-6(2)10-7(9(12)14-4)5-8(11)13-3/h6-7,10H,5H2,1-4H3/t7-/m1/s1. The smallest absolute Gasteiger partial charge is 0.323 e. The van der Waals surface area contributed by atoms with Crippen molar-refractivity contribution in [2.75, 3.05) is 14.2 Å². The van der Waals surface area contributed by atoms with Gasteiger partial charge in [0.1, 0.15) is 6.04 Å². The predicted molar refractivity (Wildman–Crippen MR) is 50.7 cm³/mol. The monoisotopic (exact) mass is 203 g/mol. The molecule has 0 amide bonds. The molecule has 0 fully saturated rings. The number of nitrogens with one attached hydrogen (secondary N) is 1.